The molecule has 2 rings (SSSR count). The molecule has 0 fully saturated rings. The van der Waals surface area contributed by atoms with E-state index in [9.17, 15) is 9.59 Å². The third kappa shape index (κ3) is 4.73. The molecule has 132 valence electrons. The van der Waals surface area contributed by atoms with Crippen molar-refractivity contribution in [1.29, 1.82) is 0 Å². The first-order chi connectivity index (χ1) is 11.9. The van der Waals surface area contributed by atoms with Crippen molar-refractivity contribution in [2.45, 2.75) is 13.8 Å². The molecule has 2 N–H and O–H groups in total. The molecule has 25 heavy (non-hydrogen) atoms. The lowest BCUT2D eigenvalue weighted by atomic mass is 10.1. The van der Waals surface area contributed by atoms with Crippen LogP contribution < -0.4 is 15.5 Å². The summed E-state index contributed by atoms with van der Waals surface area (Å²) in [4.78, 5) is 26.1. The molecule has 0 unspecified atom stereocenters. The van der Waals surface area contributed by atoms with E-state index < -0.39 is 6.09 Å². The Hall–Kier alpha value is -3.02. The molecule has 6 heteroatoms. The van der Waals surface area contributed by atoms with Crippen LogP contribution in [0.5, 0.6) is 0 Å². The molecule has 2 aromatic carbocycles. The van der Waals surface area contributed by atoms with Crippen molar-refractivity contribution in [2.75, 3.05) is 36.2 Å². The van der Waals surface area contributed by atoms with E-state index in [1.165, 1.54) is 0 Å². The maximum atomic E-state index is 12.5. The van der Waals surface area contributed by atoms with Gasteiger partial charge in [-0.1, -0.05) is 12.1 Å². The van der Waals surface area contributed by atoms with E-state index in [0.29, 0.717) is 23.5 Å². The van der Waals surface area contributed by atoms with Crippen LogP contribution in [0.1, 0.15) is 22.8 Å². The second-order valence-electron chi connectivity index (χ2n) is 5.72. The molecule has 0 atom stereocenters. The smallest absolute Gasteiger partial charge is 0.411 e. The van der Waals surface area contributed by atoms with Gasteiger partial charge in [0.25, 0.3) is 5.91 Å². The third-order valence-electron chi connectivity index (χ3n) is 3.72. The molecule has 0 aromatic heterocycles. The number of nitrogens with zero attached hydrogens (tertiary/aromatic N) is 1. The summed E-state index contributed by atoms with van der Waals surface area (Å²) >= 11 is 0. The average Bonchev–Trinajstić information content (AvgIpc) is 2.58. The lowest BCUT2D eigenvalue weighted by Crippen LogP contribution is -2.17. The highest BCUT2D eigenvalue weighted by atomic mass is 16.5. The summed E-state index contributed by atoms with van der Waals surface area (Å²) in [6, 6.07) is 12.7. The number of nitrogens with one attached hydrogen (secondary N) is 2. The van der Waals surface area contributed by atoms with Gasteiger partial charge >= 0.3 is 6.09 Å². The number of ether oxygens (including phenoxy) is 1. The molecule has 0 aliphatic heterocycles. The monoisotopic (exact) mass is 341 g/mol. The number of carbonyl (C=O) groups is 2. The molecular weight excluding hydrogens is 318 g/mol. The van der Waals surface area contributed by atoms with Crippen LogP contribution in [-0.2, 0) is 4.74 Å². The predicted octanol–water partition coefficient (Wildman–Crippen LogP) is 3.88. The number of hydrogen-bond donors (Lipinski definition) is 2. The quantitative estimate of drug-likeness (QED) is 0.866. The molecule has 2 aromatic rings. The van der Waals surface area contributed by atoms with Gasteiger partial charge in [-0.2, -0.15) is 0 Å². The van der Waals surface area contributed by atoms with E-state index >= 15 is 0 Å². The van der Waals surface area contributed by atoms with Crippen LogP contribution in [0.25, 0.3) is 0 Å². The van der Waals surface area contributed by atoms with E-state index in [2.05, 4.69) is 10.6 Å². The van der Waals surface area contributed by atoms with Crippen LogP contribution in [0.2, 0.25) is 0 Å². The predicted molar refractivity (Wildman–Crippen MR) is 101 cm³/mol. The first kappa shape index (κ1) is 18.3. The van der Waals surface area contributed by atoms with Crippen LogP contribution in [0.3, 0.4) is 0 Å². The molecule has 0 aliphatic carbocycles. The SMILES string of the molecule is CCOC(=O)Nc1cccc(NC(=O)c2cccc(N(C)C)c2)c1C. The Morgan fingerprint density at radius 2 is 1.68 bits per heavy atom. The van der Waals surface area contributed by atoms with Crippen molar-refractivity contribution in [3.8, 4) is 0 Å². The summed E-state index contributed by atoms with van der Waals surface area (Å²) in [5.74, 6) is -0.208. The van der Waals surface area contributed by atoms with Gasteiger partial charge in [-0.05, 0) is 49.7 Å². The fraction of sp³-hybridized carbons (Fsp3) is 0.263. The molecule has 0 saturated heterocycles. The highest BCUT2D eigenvalue weighted by Crippen LogP contribution is 2.24. The first-order valence-corrected chi connectivity index (χ1v) is 8.04. The van der Waals surface area contributed by atoms with Gasteiger partial charge in [0, 0.05) is 36.7 Å². The number of carbonyl (C=O) groups excluding carboxylic acids is 2. The van der Waals surface area contributed by atoms with Gasteiger partial charge in [0.05, 0.1) is 6.61 Å². The number of benzene rings is 2. The Balaban J connectivity index is 2.18. The Labute approximate surface area is 147 Å². The van der Waals surface area contributed by atoms with Crippen LogP contribution in [0.4, 0.5) is 21.9 Å². The standard InChI is InChI=1S/C19H23N3O3/c1-5-25-19(24)21-17-11-7-10-16(13(17)2)20-18(23)14-8-6-9-15(12-14)22(3)4/h6-12H,5H2,1-4H3,(H,20,23)(H,21,24). The summed E-state index contributed by atoms with van der Waals surface area (Å²) in [6.45, 7) is 3.86. The number of anilines is 3. The van der Waals surface area contributed by atoms with Gasteiger partial charge in [-0.25, -0.2) is 4.79 Å². The largest absolute Gasteiger partial charge is 0.450 e. The van der Waals surface area contributed by atoms with Gasteiger partial charge < -0.3 is 15.0 Å². The number of amides is 2. The van der Waals surface area contributed by atoms with Crippen molar-refractivity contribution in [3.05, 3.63) is 53.6 Å². The second-order valence-corrected chi connectivity index (χ2v) is 5.72. The van der Waals surface area contributed by atoms with Crippen molar-refractivity contribution in [1.82, 2.24) is 0 Å². The fourth-order valence-electron chi connectivity index (χ4n) is 2.30. The fourth-order valence-corrected chi connectivity index (χ4v) is 2.30. The topological polar surface area (TPSA) is 70.7 Å². The Morgan fingerprint density at radius 1 is 1.04 bits per heavy atom. The average molecular weight is 341 g/mol. The summed E-state index contributed by atoms with van der Waals surface area (Å²) < 4.78 is 4.88. The van der Waals surface area contributed by atoms with Crippen LogP contribution in [-0.4, -0.2) is 32.7 Å². The van der Waals surface area contributed by atoms with Gasteiger partial charge in [0.15, 0.2) is 0 Å². The van der Waals surface area contributed by atoms with E-state index in [1.807, 2.05) is 44.1 Å². The second kappa shape index (κ2) is 8.19. The van der Waals surface area contributed by atoms with Crippen LogP contribution in [0.15, 0.2) is 42.5 Å². The van der Waals surface area contributed by atoms with E-state index in [0.717, 1.165) is 11.3 Å². The molecular formula is C19H23N3O3. The van der Waals surface area contributed by atoms with Crippen LogP contribution in [0, 0.1) is 6.92 Å². The molecule has 2 amide bonds. The van der Waals surface area contributed by atoms with Gasteiger partial charge in [0.1, 0.15) is 0 Å². The highest BCUT2D eigenvalue weighted by molar-refractivity contribution is 6.05. The molecule has 0 radical (unpaired) electrons. The van der Waals surface area contributed by atoms with Crippen LogP contribution >= 0.6 is 0 Å². The maximum absolute atomic E-state index is 12.5. The van der Waals surface area contributed by atoms with Crippen molar-refractivity contribution in [3.63, 3.8) is 0 Å². The lowest BCUT2D eigenvalue weighted by Gasteiger charge is -2.15. The van der Waals surface area contributed by atoms with Gasteiger partial charge in [0.2, 0.25) is 0 Å². The number of hydrogen-bond acceptors (Lipinski definition) is 4. The van der Waals surface area contributed by atoms with E-state index in [-0.39, 0.29) is 5.91 Å². The summed E-state index contributed by atoms with van der Waals surface area (Å²) in [5, 5.41) is 5.56. The normalized spacial score (nSPS) is 10.1. The van der Waals surface area contributed by atoms with Gasteiger partial charge in [-0.15, -0.1) is 0 Å². The van der Waals surface area contributed by atoms with Gasteiger partial charge in [-0.3, -0.25) is 10.1 Å². The maximum Gasteiger partial charge on any atom is 0.411 e. The lowest BCUT2D eigenvalue weighted by molar-refractivity contribution is 0.102. The van der Waals surface area contributed by atoms with E-state index in [1.54, 1.807) is 31.2 Å². The van der Waals surface area contributed by atoms with Crippen molar-refractivity contribution >= 4 is 29.1 Å². The highest BCUT2D eigenvalue weighted by Gasteiger charge is 2.12. The minimum Gasteiger partial charge on any atom is -0.450 e. The summed E-state index contributed by atoms with van der Waals surface area (Å²) in [6.07, 6.45) is -0.521. The van der Waals surface area contributed by atoms with Crippen molar-refractivity contribution in [2.24, 2.45) is 0 Å². The third-order valence-corrected chi connectivity index (χ3v) is 3.72. The minimum absolute atomic E-state index is 0.208. The van der Waals surface area contributed by atoms with E-state index in [4.69, 9.17) is 4.74 Å². The Kier molecular flexibility index (Phi) is 6.00. The zero-order valence-corrected chi connectivity index (χ0v) is 14.9. The molecule has 0 aliphatic rings. The molecule has 0 heterocycles. The number of rotatable bonds is 5. The molecule has 0 spiro atoms. The van der Waals surface area contributed by atoms with Crippen molar-refractivity contribution < 1.29 is 14.3 Å². The Morgan fingerprint density at radius 3 is 2.32 bits per heavy atom. The Bertz CT molecular complexity index is 772. The molecule has 0 bridgehead atoms. The first-order valence-electron chi connectivity index (χ1n) is 8.04. The summed E-state index contributed by atoms with van der Waals surface area (Å²) in [5.41, 5.74) is 3.50. The molecule has 6 nitrogen and oxygen atoms in total. The minimum atomic E-state index is -0.521. The molecule has 0 saturated carbocycles. The zero-order valence-electron chi connectivity index (χ0n) is 14.9. The summed E-state index contributed by atoms with van der Waals surface area (Å²) in [7, 11) is 3.84. The zero-order chi connectivity index (χ0) is 18.4.